The molecule has 0 spiro atoms. The minimum atomic E-state index is -1.95. The Morgan fingerprint density at radius 3 is 2.41 bits per heavy atom. The maximum atomic E-state index is 13.4. The molecule has 0 bridgehead atoms. The van der Waals surface area contributed by atoms with E-state index in [1.165, 1.54) is 17.8 Å². The predicted octanol–water partition coefficient (Wildman–Crippen LogP) is 6.90. The first-order valence-electron chi connectivity index (χ1n) is 11.7. The molecule has 1 aliphatic rings. The standard InChI is InChI=1S/C26H38FNO3Si/c1-18(2)23-12-13-24(19-8-10-20(27)11-9-19)28(23)15-14-21-16-22(17-25(29)30-21)31-32(6,7)26(3,4)5/h8-13,18,21-22H,14-17H2,1-7H3/t21-,22-/m1/s1. The normalized spacial score (nSPS) is 20.0. The van der Waals surface area contributed by atoms with Crippen molar-refractivity contribution < 1.29 is 18.3 Å². The van der Waals surface area contributed by atoms with Gasteiger partial charge in [0.25, 0.3) is 0 Å². The summed E-state index contributed by atoms with van der Waals surface area (Å²) in [7, 11) is -1.95. The van der Waals surface area contributed by atoms with Gasteiger partial charge < -0.3 is 13.7 Å². The highest BCUT2D eigenvalue weighted by Gasteiger charge is 2.41. The molecule has 0 amide bonds. The smallest absolute Gasteiger partial charge is 0.308 e. The summed E-state index contributed by atoms with van der Waals surface area (Å²) in [6, 6.07) is 10.9. The zero-order chi connectivity index (χ0) is 23.7. The first-order valence-corrected chi connectivity index (χ1v) is 14.6. The minimum Gasteiger partial charge on any atom is -0.462 e. The van der Waals surface area contributed by atoms with Crippen LogP contribution in [0.25, 0.3) is 11.3 Å². The van der Waals surface area contributed by atoms with E-state index in [0.29, 0.717) is 12.3 Å². The molecule has 0 N–H and O–H groups in total. The van der Waals surface area contributed by atoms with E-state index in [-0.39, 0.29) is 29.0 Å². The van der Waals surface area contributed by atoms with Gasteiger partial charge in [-0.15, -0.1) is 0 Å². The Labute approximate surface area is 193 Å². The Bertz CT molecular complexity index is 928. The molecule has 1 aliphatic heterocycles. The zero-order valence-corrected chi connectivity index (χ0v) is 21.6. The number of carbonyl (C=O) groups is 1. The molecule has 3 rings (SSSR count). The van der Waals surface area contributed by atoms with E-state index >= 15 is 0 Å². The number of ether oxygens (including phenoxy) is 1. The van der Waals surface area contributed by atoms with Gasteiger partial charge in [0.1, 0.15) is 11.9 Å². The molecule has 32 heavy (non-hydrogen) atoms. The highest BCUT2D eigenvalue weighted by molar-refractivity contribution is 6.74. The summed E-state index contributed by atoms with van der Waals surface area (Å²) >= 11 is 0. The number of hydrogen-bond acceptors (Lipinski definition) is 3. The number of cyclic esters (lactones) is 1. The van der Waals surface area contributed by atoms with Gasteiger partial charge in [0, 0.05) is 30.8 Å². The summed E-state index contributed by atoms with van der Waals surface area (Å²) in [5, 5.41) is 0.102. The van der Waals surface area contributed by atoms with E-state index in [1.54, 1.807) is 0 Å². The van der Waals surface area contributed by atoms with E-state index < -0.39 is 8.32 Å². The summed E-state index contributed by atoms with van der Waals surface area (Å²) in [5.41, 5.74) is 3.27. The fourth-order valence-electron chi connectivity index (χ4n) is 4.09. The number of hydrogen-bond donors (Lipinski definition) is 0. The van der Waals surface area contributed by atoms with E-state index in [0.717, 1.165) is 30.6 Å². The van der Waals surface area contributed by atoms with Crippen molar-refractivity contribution in [2.24, 2.45) is 0 Å². The van der Waals surface area contributed by atoms with Crippen molar-refractivity contribution in [2.45, 2.75) is 96.7 Å². The van der Waals surface area contributed by atoms with Crippen LogP contribution in [-0.2, 0) is 20.5 Å². The molecular formula is C26H38FNO3Si. The SMILES string of the molecule is CC(C)c1ccc(-c2ccc(F)cc2)n1CC[C@@H]1C[C@@H](O[Si](C)(C)C(C)(C)C)CC(=O)O1. The van der Waals surface area contributed by atoms with Crippen molar-refractivity contribution in [1.29, 1.82) is 0 Å². The molecule has 2 aromatic rings. The summed E-state index contributed by atoms with van der Waals surface area (Å²) in [5.74, 6) is -0.0501. The lowest BCUT2D eigenvalue weighted by Gasteiger charge is -2.41. The lowest BCUT2D eigenvalue weighted by Crippen LogP contribution is -2.47. The summed E-state index contributed by atoms with van der Waals surface area (Å²) in [6.45, 7) is 16.2. The van der Waals surface area contributed by atoms with Crippen molar-refractivity contribution in [2.75, 3.05) is 0 Å². The number of nitrogens with zero attached hydrogens (tertiary/aromatic N) is 1. The highest BCUT2D eigenvalue weighted by Crippen LogP contribution is 2.39. The Morgan fingerprint density at radius 1 is 1.16 bits per heavy atom. The van der Waals surface area contributed by atoms with E-state index in [2.05, 4.69) is 64.4 Å². The van der Waals surface area contributed by atoms with Gasteiger partial charge in [-0.2, -0.15) is 0 Å². The second-order valence-corrected chi connectivity index (χ2v) is 15.6. The van der Waals surface area contributed by atoms with Crippen LogP contribution >= 0.6 is 0 Å². The third-order valence-corrected chi connectivity index (χ3v) is 11.4. The number of halogens is 1. The first kappa shape index (κ1) is 24.7. The fourth-order valence-corrected chi connectivity index (χ4v) is 5.45. The van der Waals surface area contributed by atoms with Crippen molar-refractivity contribution in [3.05, 3.63) is 47.9 Å². The van der Waals surface area contributed by atoms with Crippen LogP contribution in [-0.4, -0.2) is 31.1 Å². The van der Waals surface area contributed by atoms with Crippen molar-refractivity contribution in [3.8, 4) is 11.3 Å². The Balaban J connectivity index is 1.75. The summed E-state index contributed by atoms with van der Waals surface area (Å²) in [6.07, 6.45) is 1.57. The summed E-state index contributed by atoms with van der Waals surface area (Å²) in [4.78, 5) is 12.3. The number of aromatic nitrogens is 1. The molecule has 176 valence electrons. The van der Waals surface area contributed by atoms with Crippen LogP contribution in [0.5, 0.6) is 0 Å². The lowest BCUT2D eigenvalue weighted by molar-refractivity contribution is -0.159. The maximum Gasteiger partial charge on any atom is 0.308 e. The van der Waals surface area contributed by atoms with Gasteiger partial charge in [0.2, 0.25) is 0 Å². The van der Waals surface area contributed by atoms with Crippen LogP contribution in [0, 0.1) is 5.82 Å². The molecule has 0 saturated carbocycles. The van der Waals surface area contributed by atoms with Crippen LogP contribution in [0.2, 0.25) is 18.1 Å². The van der Waals surface area contributed by atoms with E-state index in [1.807, 2.05) is 12.1 Å². The molecule has 0 aliphatic carbocycles. The molecule has 1 aromatic heterocycles. The average Bonchev–Trinajstić information content (AvgIpc) is 3.09. The Kier molecular flexibility index (Phi) is 7.35. The van der Waals surface area contributed by atoms with E-state index in [4.69, 9.17) is 9.16 Å². The molecule has 1 aromatic carbocycles. The van der Waals surface area contributed by atoms with Crippen molar-refractivity contribution in [3.63, 3.8) is 0 Å². The molecule has 4 nitrogen and oxygen atoms in total. The zero-order valence-electron chi connectivity index (χ0n) is 20.6. The number of esters is 1. The molecule has 1 saturated heterocycles. The van der Waals surface area contributed by atoms with Crippen molar-refractivity contribution in [1.82, 2.24) is 4.57 Å². The Morgan fingerprint density at radius 2 is 1.81 bits per heavy atom. The van der Waals surface area contributed by atoms with Gasteiger partial charge in [0.15, 0.2) is 8.32 Å². The third-order valence-electron chi connectivity index (χ3n) is 6.91. The number of carbonyl (C=O) groups excluding carboxylic acids is 1. The quantitative estimate of drug-likeness (QED) is 0.334. The largest absolute Gasteiger partial charge is 0.462 e. The van der Waals surface area contributed by atoms with E-state index in [9.17, 15) is 9.18 Å². The van der Waals surface area contributed by atoms with Crippen LogP contribution in [0.1, 0.15) is 65.5 Å². The van der Waals surface area contributed by atoms with Gasteiger partial charge >= 0.3 is 5.97 Å². The topological polar surface area (TPSA) is 40.5 Å². The van der Waals surface area contributed by atoms with Crippen molar-refractivity contribution >= 4 is 14.3 Å². The van der Waals surface area contributed by atoms with Gasteiger partial charge in [-0.05, 0) is 66.0 Å². The first-order chi connectivity index (χ1) is 14.9. The highest BCUT2D eigenvalue weighted by atomic mass is 28.4. The van der Waals surface area contributed by atoms with Crippen LogP contribution in [0.4, 0.5) is 4.39 Å². The second kappa shape index (κ2) is 9.52. The van der Waals surface area contributed by atoms with Gasteiger partial charge in [-0.3, -0.25) is 4.79 Å². The molecule has 0 unspecified atom stereocenters. The summed E-state index contributed by atoms with van der Waals surface area (Å²) < 4.78 is 28.0. The van der Waals surface area contributed by atoms with Gasteiger partial charge in [0.05, 0.1) is 12.5 Å². The van der Waals surface area contributed by atoms with Gasteiger partial charge in [-0.25, -0.2) is 4.39 Å². The lowest BCUT2D eigenvalue weighted by atomic mass is 10.0. The molecule has 2 atom stereocenters. The Hall–Kier alpha value is -1.92. The number of rotatable bonds is 7. The second-order valence-electron chi connectivity index (χ2n) is 10.8. The molecule has 2 heterocycles. The average molecular weight is 460 g/mol. The number of benzene rings is 1. The third kappa shape index (κ3) is 5.70. The van der Waals surface area contributed by atoms with Crippen LogP contribution < -0.4 is 0 Å². The predicted molar refractivity (Wildman–Crippen MR) is 130 cm³/mol. The molecule has 0 radical (unpaired) electrons. The van der Waals surface area contributed by atoms with Crippen LogP contribution in [0.3, 0.4) is 0 Å². The molecule has 1 fully saturated rings. The van der Waals surface area contributed by atoms with Gasteiger partial charge in [-0.1, -0.05) is 34.6 Å². The fraction of sp³-hybridized carbons (Fsp3) is 0.577. The van der Waals surface area contributed by atoms with Crippen LogP contribution in [0.15, 0.2) is 36.4 Å². The molecular weight excluding hydrogens is 421 g/mol. The maximum absolute atomic E-state index is 13.4. The minimum absolute atomic E-state index is 0.0760. The molecule has 6 heteroatoms. The monoisotopic (exact) mass is 459 g/mol.